The van der Waals surface area contributed by atoms with E-state index in [1.165, 1.54) is 0 Å². The average molecular weight is 216 g/mol. The zero-order valence-corrected chi connectivity index (χ0v) is 9.17. The zero-order chi connectivity index (χ0) is 10.6. The second-order valence-electron chi connectivity index (χ2n) is 3.00. The Kier molecular flexibility index (Phi) is 4.17. The number of hydrogen-bond donors (Lipinski definition) is 0. The summed E-state index contributed by atoms with van der Waals surface area (Å²) in [6, 6.07) is 3.39. The molecule has 1 aromatic heterocycles. The summed E-state index contributed by atoms with van der Waals surface area (Å²) >= 11 is 5.27. The Hall–Kier alpha value is -0.800. The van der Waals surface area contributed by atoms with E-state index in [9.17, 15) is 4.79 Å². The van der Waals surface area contributed by atoms with E-state index < -0.39 is 5.24 Å². The normalized spacial score (nSPS) is 10.9. The molecule has 0 bridgehead atoms. The molecule has 0 aliphatic heterocycles. The van der Waals surface area contributed by atoms with E-state index >= 15 is 0 Å². The van der Waals surface area contributed by atoms with Gasteiger partial charge in [-0.1, -0.05) is 13.8 Å². The number of halogens is 1. The van der Waals surface area contributed by atoms with Gasteiger partial charge in [0.2, 0.25) is 0 Å². The molecule has 1 heterocycles. The third kappa shape index (κ3) is 2.86. The Morgan fingerprint density at radius 2 is 2.07 bits per heavy atom. The van der Waals surface area contributed by atoms with Gasteiger partial charge in [0, 0.05) is 0 Å². The van der Waals surface area contributed by atoms with Gasteiger partial charge in [0.25, 0.3) is 5.24 Å². The molecule has 0 saturated carbocycles. The van der Waals surface area contributed by atoms with Crippen molar-refractivity contribution in [3.05, 3.63) is 23.7 Å². The topological polar surface area (TPSA) is 33.5 Å². The summed E-state index contributed by atoms with van der Waals surface area (Å²) in [5.74, 6) is 0.992. The van der Waals surface area contributed by atoms with Crippen LogP contribution in [0.4, 0.5) is 0 Å². The first-order valence-corrected chi connectivity index (χ1v) is 5.06. The van der Waals surface area contributed by atoms with Gasteiger partial charge in [-0.15, -0.1) is 0 Å². The molecule has 1 rings (SSSR count). The lowest BCUT2D eigenvalue weighted by Gasteiger charge is -2.15. The minimum atomic E-state index is -0.546. The monoisotopic (exact) mass is 215 g/mol. The van der Waals surface area contributed by atoms with Crippen molar-refractivity contribution in [2.45, 2.75) is 20.4 Å². The van der Waals surface area contributed by atoms with E-state index in [1.54, 1.807) is 12.1 Å². The standard InChI is InChI=1S/C10H14ClNO2/c1-3-12(4-2)7-8-5-6-9(14-8)10(11)13/h5-6H,3-4,7H2,1-2H3. The highest BCUT2D eigenvalue weighted by Gasteiger charge is 2.09. The number of rotatable bonds is 5. The van der Waals surface area contributed by atoms with Gasteiger partial charge in [-0.3, -0.25) is 9.69 Å². The van der Waals surface area contributed by atoms with Gasteiger partial charge in [-0.25, -0.2) is 0 Å². The first-order chi connectivity index (χ1) is 6.67. The molecule has 0 saturated heterocycles. The van der Waals surface area contributed by atoms with Gasteiger partial charge in [0.1, 0.15) is 5.76 Å². The molecule has 0 spiro atoms. The van der Waals surface area contributed by atoms with Gasteiger partial charge in [-0.05, 0) is 36.8 Å². The van der Waals surface area contributed by atoms with Crippen LogP contribution >= 0.6 is 11.6 Å². The van der Waals surface area contributed by atoms with Crippen LogP contribution < -0.4 is 0 Å². The second-order valence-corrected chi connectivity index (χ2v) is 3.34. The molecule has 0 amide bonds. The fourth-order valence-corrected chi connectivity index (χ4v) is 1.34. The lowest BCUT2D eigenvalue weighted by molar-refractivity contribution is 0.105. The van der Waals surface area contributed by atoms with Crippen molar-refractivity contribution >= 4 is 16.8 Å². The summed E-state index contributed by atoms with van der Waals surface area (Å²) in [5, 5.41) is -0.546. The van der Waals surface area contributed by atoms with E-state index in [0.29, 0.717) is 0 Å². The maximum Gasteiger partial charge on any atom is 0.287 e. The van der Waals surface area contributed by atoms with E-state index in [2.05, 4.69) is 18.7 Å². The summed E-state index contributed by atoms with van der Waals surface area (Å²) in [7, 11) is 0. The van der Waals surface area contributed by atoms with Gasteiger partial charge in [-0.2, -0.15) is 0 Å². The summed E-state index contributed by atoms with van der Waals surface area (Å²) in [5.41, 5.74) is 0. The molecule has 0 aliphatic rings. The average Bonchev–Trinajstić information content (AvgIpc) is 2.62. The minimum Gasteiger partial charge on any atom is -0.455 e. The molecular weight excluding hydrogens is 202 g/mol. The minimum absolute atomic E-state index is 0.217. The quantitative estimate of drug-likeness (QED) is 0.708. The van der Waals surface area contributed by atoms with Crippen LogP contribution in [-0.2, 0) is 6.54 Å². The lowest BCUT2D eigenvalue weighted by Crippen LogP contribution is -2.21. The Bertz CT molecular complexity index is 305. The number of furan rings is 1. The third-order valence-corrected chi connectivity index (χ3v) is 2.32. The number of hydrogen-bond acceptors (Lipinski definition) is 3. The molecule has 14 heavy (non-hydrogen) atoms. The summed E-state index contributed by atoms with van der Waals surface area (Å²) in [4.78, 5) is 12.9. The van der Waals surface area contributed by atoms with Gasteiger partial charge >= 0.3 is 0 Å². The molecule has 4 heteroatoms. The van der Waals surface area contributed by atoms with Crippen molar-refractivity contribution in [1.29, 1.82) is 0 Å². The van der Waals surface area contributed by atoms with E-state index in [1.807, 2.05) is 0 Å². The zero-order valence-electron chi connectivity index (χ0n) is 8.42. The molecule has 3 nitrogen and oxygen atoms in total. The van der Waals surface area contributed by atoms with Crippen LogP contribution in [0.2, 0.25) is 0 Å². The molecule has 0 aromatic carbocycles. The predicted molar refractivity (Wildman–Crippen MR) is 55.5 cm³/mol. The fraction of sp³-hybridized carbons (Fsp3) is 0.500. The smallest absolute Gasteiger partial charge is 0.287 e. The highest BCUT2D eigenvalue weighted by molar-refractivity contribution is 6.67. The Morgan fingerprint density at radius 3 is 2.50 bits per heavy atom. The molecule has 0 unspecified atom stereocenters. The SMILES string of the molecule is CCN(CC)Cc1ccc(C(=O)Cl)o1. The van der Waals surface area contributed by atoms with E-state index in [0.717, 1.165) is 25.4 Å². The molecule has 0 fully saturated rings. The maximum absolute atomic E-state index is 10.7. The van der Waals surface area contributed by atoms with Gasteiger partial charge in [0.05, 0.1) is 6.54 Å². The van der Waals surface area contributed by atoms with Crippen molar-refractivity contribution < 1.29 is 9.21 Å². The highest BCUT2D eigenvalue weighted by atomic mass is 35.5. The van der Waals surface area contributed by atoms with Crippen LogP contribution in [-0.4, -0.2) is 23.2 Å². The largest absolute Gasteiger partial charge is 0.455 e. The first kappa shape index (κ1) is 11.3. The summed E-state index contributed by atoms with van der Waals surface area (Å²) < 4.78 is 5.26. The van der Waals surface area contributed by atoms with Crippen LogP contribution in [0.1, 0.15) is 30.2 Å². The molecule has 0 N–H and O–H groups in total. The molecule has 0 radical (unpaired) electrons. The van der Waals surface area contributed by atoms with Crippen molar-refractivity contribution in [3.8, 4) is 0 Å². The van der Waals surface area contributed by atoms with E-state index in [4.69, 9.17) is 16.0 Å². The lowest BCUT2D eigenvalue weighted by atomic mass is 10.4. The van der Waals surface area contributed by atoms with Crippen LogP contribution in [0.3, 0.4) is 0 Å². The van der Waals surface area contributed by atoms with Crippen LogP contribution in [0.5, 0.6) is 0 Å². The van der Waals surface area contributed by atoms with Gasteiger partial charge in [0.15, 0.2) is 5.76 Å². The summed E-state index contributed by atoms with van der Waals surface area (Å²) in [6.07, 6.45) is 0. The first-order valence-electron chi connectivity index (χ1n) is 4.68. The van der Waals surface area contributed by atoms with Crippen molar-refractivity contribution in [2.75, 3.05) is 13.1 Å². The molecule has 78 valence electrons. The van der Waals surface area contributed by atoms with Gasteiger partial charge < -0.3 is 4.42 Å². The van der Waals surface area contributed by atoms with Crippen LogP contribution in [0, 0.1) is 0 Å². The molecule has 1 aromatic rings. The Morgan fingerprint density at radius 1 is 1.43 bits per heavy atom. The summed E-state index contributed by atoms with van der Waals surface area (Å²) in [6.45, 7) is 6.81. The number of nitrogens with zero attached hydrogens (tertiary/aromatic N) is 1. The third-order valence-electron chi connectivity index (χ3n) is 2.13. The van der Waals surface area contributed by atoms with E-state index in [-0.39, 0.29) is 5.76 Å². The van der Waals surface area contributed by atoms with Crippen molar-refractivity contribution in [1.82, 2.24) is 4.90 Å². The highest BCUT2D eigenvalue weighted by Crippen LogP contribution is 2.12. The fourth-order valence-electron chi connectivity index (χ4n) is 1.24. The molecule has 0 aliphatic carbocycles. The second kappa shape index (κ2) is 5.17. The maximum atomic E-state index is 10.7. The number of carbonyl (C=O) groups excluding carboxylic acids is 1. The van der Waals surface area contributed by atoms with Crippen molar-refractivity contribution in [3.63, 3.8) is 0 Å². The van der Waals surface area contributed by atoms with Crippen molar-refractivity contribution in [2.24, 2.45) is 0 Å². The van der Waals surface area contributed by atoms with Crippen LogP contribution in [0.15, 0.2) is 16.5 Å². The predicted octanol–water partition coefficient (Wildman–Crippen LogP) is 2.50. The van der Waals surface area contributed by atoms with Crippen LogP contribution in [0.25, 0.3) is 0 Å². The Labute approximate surface area is 88.6 Å². The number of carbonyl (C=O) groups is 1. The molecule has 0 atom stereocenters. The molecular formula is C10H14ClNO2. The Balaban J connectivity index is 2.63.